The maximum atomic E-state index is 12.3. The Morgan fingerprint density at radius 1 is 1.21 bits per heavy atom. The summed E-state index contributed by atoms with van der Waals surface area (Å²) in [7, 11) is -1.82. The zero-order chi connectivity index (χ0) is 14.2. The second kappa shape index (κ2) is 4.95. The first-order chi connectivity index (χ1) is 8.80. The van der Waals surface area contributed by atoms with E-state index in [4.69, 9.17) is 5.14 Å². The van der Waals surface area contributed by atoms with Gasteiger partial charge in [-0.25, -0.2) is 5.14 Å². The van der Waals surface area contributed by atoms with E-state index in [1.54, 1.807) is 11.0 Å². The number of hydrogen-bond donors (Lipinski definition) is 1. The van der Waals surface area contributed by atoms with Crippen LogP contribution in [0, 0.1) is 6.92 Å². The van der Waals surface area contributed by atoms with Gasteiger partial charge in [0.05, 0.1) is 0 Å². The molecule has 1 amide bonds. The highest BCUT2D eigenvalue weighted by Gasteiger charge is 2.27. The molecular formula is C11H18N4O3S. The summed E-state index contributed by atoms with van der Waals surface area (Å²) in [6.45, 7) is 3.14. The van der Waals surface area contributed by atoms with E-state index in [9.17, 15) is 13.2 Å². The van der Waals surface area contributed by atoms with Crippen molar-refractivity contribution in [1.82, 2.24) is 13.8 Å². The lowest BCUT2D eigenvalue weighted by Crippen LogP contribution is -2.52. The number of hydrogen-bond acceptors (Lipinski definition) is 3. The zero-order valence-electron chi connectivity index (χ0n) is 11.0. The van der Waals surface area contributed by atoms with Gasteiger partial charge in [0, 0.05) is 38.9 Å². The highest BCUT2D eigenvalue weighted by atomic mass is 32.2. The molecule has 0 unspecified atom stereocenters. The number of nitrogens with zero attached hydrogens (tertiary/aromatic N) is 3. The molecule has 0 radical (unpaired) electrons. The molecular weight excluding hydrogens is 268 g/mol. The molecule has 1 aromatic rings. The van der Waals surface area contributed by atoms with Crippen molar-refractivity contribution in [2.24, 2.45) is 12.2 Å². The van der Waals surface area contributed by atoms with Gasteiger partial charge in [0.1, 0.15) is 5.69 Å². The maximum absolute atomic E-state index is 12.3. The Morgan fingerprint density at radius 3 is 2.21 bits per heavy atom. The molecule has 1 saturated heterocycles. The van der Waals surface area contributed by atoms with Crippen molar-refractivity contribution in [3.63, 3.8) is 0 Å². The third-order valence-electron chi connectivity index (χ3n) is 3.48. The van der Waals surface area contributed by atoms with Gasteiger partial charge < -0.3 is 9.47 Å². The minimum absolute atomic E-state index is 0.0790. The molecule has 0 aliphatic carbocycles. The van der Waals surface area contributed by atoms with Crippen molar-refractivity contribution in [3.05, 3.63) is 23.5 Å². The summed E-state index contributed by atoms with van der Waals surface area (Å²) < 4.78 is 25.4. The molecule has 1 aromatic heterocycles. The molecule has 8 heteroatoms. The Labute approximate surface area is 112 Å². The molecule has 2 heterocycles. The quantitative estimate of drug-likeness (QED) is 0.779. The number of rotatable bonds is 2. The lowest BCUT2D eigenvalue weighted by Gasteiger charge is -2.33. The highest BCUT2D eigenvalue weighted by molar-refractivity contribution is 7.86. The average molecular weight is 286 g/mol. The second-order valence-electron chi connectivity index (χ2n) is 4.66. The smallest absolute Gasteiger partial charge is 0.277 e. The summed E-state index contributed by atoms with van der Waals surface area (Å²) in [6.07, 6.45) is 0. The number of carbonyl (C=O) groups is 1. The average Bonchev–Trinajstić information content (AvgIpc) is 2.68. The molecule has 19 heavy (non-hydrogen) atoms. The number of aryl methyl sites for hydroxylation is 1. The zero-order valence-corrected chi connectivity index (χ0v) is 11.9. The third-order valence-corrected chi connectivity index (χ3v) is 4.56. The Hall–Kier alpha value is -1.38. The largest absolute Gasteiger partial charge is 0.344 e. The standard InChI is InChI=1S/C11H18N4O3S/c1-9-3-4-10(13(9)2)11(16)14-5-7-15(8-6-14)19(12,17)18/h3-4H,5-8H2,1-2H3,(H2,12,17,18). The predicted octanol–water partition coefficient (Wildman–Crippen LogP) is -0.705. The Morgan fingerprint density at radius 2 is 1.79 bits per heavy atom. The van der Waals surface area contributed by atoms with Crippen molar-refractivity contribution < 1.29 is 13.2 Å². The van der Waals surface area contributed by atoms with Gasteiger partial charge in [0.15, 0.2) is 0 Å². The fourth-order valence-corrected chi connectivity index (χ4v) is 2.81. The summed E-state index contributed by atoms with van der Waals surface area (Å²) in [5.41, 5.74) is 1.62. The summed E-state index contributed by atoms with van der Waals surface area (Å²) in [5.74, 6) is -0.0790. The first kappa shape index (κ1) is 14.0. The first-order valence-corrected chi connectivity index (χ1v) is 7.50. The van der Waals surface area contributed by atoms with Gasteiger partial charge in [0.2, 0.25) is 0 Å². The van der Waals surface area contributed by atoms with Gasteiger partial charge in [-0.15, -0.1) is 0 Å². The van der Waals surface area contributed by atoms with E-state index in [0.717, 1.165) is 5.69 Å². The number of aromatic nitrogens is 1. The van der Waals surface area contributed by atoms with Crippen LogP contribution in [-0.4, -0.2) is 54.3 Å². The first-order valence-electron chi connectivity index (χ1n) is 6.00. The van der Waals surface area contributed by atoms with Crippen LogP contribution in [0.2, 0.25) is 0 Å². The number of nitrogens with two attached hydrogens (primary N) is 1. The normalized spacial score (nSPS) is 17.7. The molecule has 0 spiro atoms. The van der Waals surface area contributed by atoms with Crippen molar-refractivity contribution >= 4 is 16.1 Å². The lowest BCUT2D eigenvalue weighted by molar-refractivity contribution is 0.0688. The monoisotopic (exact) mass is 286 g/mol. The summed E-state index contributed by atoms with van der Waals surface area (Å²) in [6, 6.07) is 3.66. The Balaban J connectivity index is 2.06. The van der Waals surface area contributed by atoms with Gasteiger partial charge in [-0.3, -0.25) is 4.79 Å². The van der Waals surface area contributed by atoms with Crippen molar-refractivity contribution in [2.45, 2.75) is 6.92 Å². The topological polar surface area (TPSA) is 88.6 Å². The minimum Gasteiger partial charge on any atom is -0.344 e. The van der Waals surface area contributed by atoms with Crippen LogP contribution >= 0.6 is 0 Å². The van der Waals surface area contributed by atoms with Crippen molar-refractivity contribution in [2.75, 3.05) is 26.2 Å². The lowest BCUT2D eigenvalue weighted by atomic mass is 10.3. The van der Waals surface area contributed by atoms with Crippen LogP contribution in [0.5, 0.6) is 0 Å². The summed E-state index contributed by atoms with van der Waals surface area (Å²) in [4.78, 5) is 13.9. The number of piperazine rings is 1. The molecule has 106 valence electrons. The summed E-state index contributed by atoms with van der Waals surface area (Å²) in [5, 5.41) is 5.06. The van der Waals surface area contributed by atoms with Crippen LogP contribution < -0.4 is 5.14 Å². The molecule has 2 rings (SSSR count). The van der Waals surface area contributed by atoms with Gasteiger partial charge in [-0.05, 0) is 19.1 Å². The van der Waals surface area contributed by atoms with E-state index in [-0.39, 0.29) is 19.0 Å². The molecule has 1 fully saturated rings. The Bertz CT molecular complexity index is 585. The van der Waals surface area contributed by atoms with Crippen LogP contribution in [0.1, 0.15) is 16.2 Å². The van der Waals surface area contributed by atoms with Gasteiger partial charge in [-0.1, -0.05) is 0 Å². The van der Waals surface area contributed by atoms with Crippen molar-refractivity contribution in [3.8, 4) is 0 Å². The molecule has 7 nitrogen and oxygen atoms in total. The Kier molecular flexibility index (Phi) is 3.66. The van der Waals surface area contributed by atoms with Gasteiger partial charge >= 0.3 is 0 Å². The van der Waals surface area contributed by atoms with Gasteiger partial charge in [-0.2, -0.15) is 12.7 Å². The van der Waals surface area contributed by atoms with Crippen LogP contribution in [0.25, 0.3) is 0 Å². The fraction of sp³-hybridized carbons (Fsp3) is 0.545. The van der Waals surface area contributed by atoms with Crippen molar-refractivity contribution in [1.29, 1.82) is 0 Å². The van der Waals surface area contributed by atoms with Crippen LogP contribution in [-0.2, 0) is 17.3 Å². The minimum atomic E-state index is -3.65. The van der Waals surface area contributed by atoms with E-state index in [2.05, 4.69) is 0 Å². The predicted molar refractivity (Wildman–Crippen MR) is 70.7 cm³/mol. The van der Waals surface area contributed by atoms with E-state index in [0.29, 0.717) is 18.8 Å². The number of carbonyl (C=O) groups excluding carboxylic acids is 1. The van der Waals surface area contributed by atoms with E-state index in [1.165, 1.54) is 4.31 Å². The molecule has 0 saturated carbocycles. The second-order valence-corrected chi connectivity index (χ2v) is 6.20. The molecule has 2 N–H and O–H groups in total. The molecule has 0 atom stereocenters. The fourth-order valence-electron chi connectivity index (χ4n) is 2.14. The maximum Gasteiger partial charge on any atom is 0.277 e. The molecule has 1 aliphatic rings. The summed E-state index contributed by atoms with van der Waals surface area (Å²) >= 11 is 0. The van der Waals surface area contributed by atoms with Gasteiger partial charge in [0.25, 0.3) is 16.1 Å². The van der Waals surface area contributed by atoms with E-state index >= 15 is 0 Å². The van der Waals surface area contributed by atoms with Crippen LogP contribution in [0.4, 0.5) is 0 Å². The molecule has 0 bridgehead atoms. The molecule has 1 aliphatic heterocycles. The van der Waals surface area contributed by atoms with E-state index in [1.807, 2.05) is 24.6 Å². The SMILES string of the molecule is Cc1ccc(C(=O)N2CCN(S(N)(=O)=O)CC2)n1C. The third kappa shape index (κ3) is 2.80. The molecule has 0 aromatic carbocycles. The van der Waals surface area contributed by atoms with Crippen LogP contribution in [0.15, 0.2) is 12.1 Å². The highest BCUT2D eigenvalue weighted by Crippen LogP contribution is 2.12. The van der Waals surface area contributed by atoms with Crippen LogP contribution in [0.3, 0.4) is 0 Å². The van der Waals surface area contributed by atoms with E-state index < -0.39 is 10.2 Å². The number of amides is 1.